The van der Waals surface area contributed by atoms with Crippen LogP contribution in [0.25, 0.3) is 5.69 Å². The highest BCUT2D eigenvalue weighted by atomic mass is 19.1. The van der Waals surface area contributed by atoms with Crippen molar-refractivity contribution in [3.8, 4) is 5.69 Å². The monoisotopic (exact) mass is 375 g/mol. The van der Waals surface area contributed by atoms with Crippen molar-refractivity contribution in [1.29, 1.82) is 0 Å². The zero-order chi connectivity index (χ0) is 19.0. The van der Waals surface area contributed by atoms with E-state index in [-0.39, 0.29) is 18.0 Å². The predicted molar refractivity (Wildman–Crippen MR) is 86.6 cm³/mol. The molecule has 1 fully saturated rings. The smallest absolute Gasteiger partial charge is 0.255 e. The van der Waals surface area contributed by atoms with Crippen LogP contribution in [0.3, 0.4) is 0 Å². The Hall–Kier alpha value is -3.14. The van der Waals surface area contributed by atoms with Crippen LogP contribution in [0.15, 0.2) is 35.0 Å². The number of carbonyl (C=O) groups is 1. The summed E-state index contributed by atoms with van der Waals surface area (Å²) in [6.45, 7) is 0. The average molecular weight is 375 g/mol. The van der Waals surface area contributed by atoms with Gasteiger partial charge in [0.05, 0.1) is 12.1 Å². The lowest BCUT2D eigenvalue weighted by molar-refractivity contribution is -0.129. The number of amides is 1. The van der Waals surface area contributed by atoms with Crippen molar-refractivity contribution in [2.24, 2.45) is 5.73 Å². The van der Waals surface area contributed by atoms with E-state index in [2.05, 4.69) is 15.2 Å². The molecule has 1 aromatic carbocycles. The first-order chi connectivity index (χ1) is 13.0. The molecule has 2 N–H and O–H groups in total. The first-order valence-corrected chi connectivity index (χ1v) is 8.27. The largest absolute Gasteiger partial charge is 0.367 e. The molecule has 27 heavy (non-hydrogen) atoms. The molecule has 2 aromatic heterocycles. The summed E-state index contributed by atoms with van der Waals surface area (Å²) in [6.07, 6.45) is 1.58. The summed E-state index contributed by atoms with van der Waals surface area (Å²) in [7, 11) is 0. The van der Waals surface area contributed by atoms with Gasteiger partial charge in [0.25, 0.3) is 5.89 Å². The fraction of sp³-hybridized carbons (Fsp3) is 0.294. The van der Waals surface area contributed by atoms with Gasteiger partial charge in [0, 0.05) is 6.20 Å². The normalized spacial score (nSPS) is 19.5. The van der Waals surface area contributed by atoms with Crippen LogP contribution in [-0.4, -0.2) is 31.9 Å². The molecule has 3 aromatic rings. The van der Waals surface area contributed by atoms with E-state index in [0.717, 1.165) is 16.8 Å². The Bertz CT molecular complexity index is 966. The lowest BCUT2D eigenvalue weighted by Crippen LogP contribution is -2.27. The number of hydrogen-bond donors (Lipinski definition) is 1. The Morgan fingerprint density at radius 2 is 2.04 bits per heavy atom. The van der Waals surface area contributed by atoms with Gasteiger partial charge in [-0.2, -0.15) is 10.1 Å². The van der Waals surface area contributed by atoms with Crippen molar-refractivity contribution in [1.82, 2.24) is 19.9 Å². The van der Waals surface area contributed by atoms with Gasteiger partial charge in [-0.15, -0.1) is 0 Å². The molecule has 1 saturated heterocycles. The van der Waals surface area contributed by atoms with Crippen LogP contribution < -0.4 is 5.73 Å². The molecule has 140 valence electrons. The number of ether oxygens (including phenoxy) is 1. The minimum atomic E-state index is -0.714. The molecule has 1 aliphatic heterocycles. The molecule has 0 aliphatic carbocycles. The molecule has 1 amide bonds. The Morgan fingerprint density at radius 3 is 2.74 bits per heavy atom. The topological polar surface area (TPSA) is 109 Å². The van der Waals surface area contributed by atoms with E-state index in [1.165, 1.54) is 12.3 Å². The average Bonchev–Trinajstić information content (AvgIpc) is 3.35. The van der Waals surface area contributed by atoms with E-state index >= 15 is 0 Å². The molecule has 8 nitrogen and oxygen atoms in total. The van der Waals surface area contributed by atoms with Gasteiger partial charge in [-0.1, -0.05) is 11.2 Å². The molecule has 0 spiro atoms. The van der Waals surface area contributed by atoms with E-state index in [0.29, 0.717) is 24.4 Å². The SMILES string of the molecule is NC(=O)[C@@H]1CC[C@H](c2nc(Cc3ccn(-c4c(F)cccc4F)n3)no2)O1. The summed E-state index contributed by atoms with van der Waals surface area (Å²) in [5, 5.41) is 8.03. The fourth-order valence-corrected chi connectivity index (χ4v) is 2.95. The van der Waals surface area contributed by atoms with Crippen molar-refractivity contribution in [2.45, 2.75) is 31.5 Å². The van der Waals surface area contributed by atoms with E-state index in [4.69, 9.17) is 15.0 Å². The van der Waals surface area contributed by atoms with Gasteiger partial charge in [-0.05, 0) is 31.0 Å². The number of hydrogen-bond acceptors (Lipinski definition) is 6. The number of benzene rings is 1. The van der Waals surface area contributed by atoms with Crippen molar-refractivity contribution < 1.29 is 22.8 Å². The fourth-order valence-electron chi connectivity index (χ4n) is 2.95. The predicted octanol–water partition coefficient (Wildman–Crippen LogP) is 1.83. The van der Waals surface area contributed by atoms with Gasteiger partial charge in [-0.25, -0.2) is 13.5 Å². The van der Waals surface area contributed by atoms with Crippen molar-refractivity contribution in [2.75, 3.05) is 0 Å². The maximum atomic E-state index is 13.8. The maximum absolute atomic E-state index is 13.8. The third kappa shape index (κ3) is 3.43. The zero-order valence-corrected chi connectivity index (χ0v) is 14.0. The minimum absolute atomic E-state index is 0.207. The highest BCUT2D eigenvalue weighted by molar-refractivity contribution is 5.79. The zero-order valence-electron chi connectivity index (χ0n) is 14.0. The third-order valence-electron chi connectivity index (χ3n) is 4.25. The van der Waals surface area contributed by atoms with E-state index in [1.54, 1.807) is 6.07 Å². The second kappa shape index (κ2) is 6.88. The number of para-hydroxylation sites is 1. The maximum Gasteiger partial charge on any atom is 0.255 e. The van der Waals surface area contributed by atoms with Gasteiger partial charge in [-0.3, -0.25) is 4.79 Å². The molecule has 0 bridgehead atoms. The van der Waals surface area contributed by atoms with Crippen LogP contribution in [0.4, 0.5) is 8.78 Å². The van der Waals surface area contributed by atoms with E-state index in [1.807, 2.05) is 0 Å². The number of halogens is 2. The molecular formula is C17H15F2N5O3. The molecule has 3 heterocycles. The molecule has 2 atom stereocenters. The lowest BCUT2D eigenvalue weighted by Gasteiger charge is -2.06. The van der Waals surface area contributed by atoms with Crippen LogP contribution in [0.5, 0.6) is 0 Å². The van der Waals surface area contributed by atoms with E-state index < -0.39 is 29.7 Å². The molecule has 1 aliphatic rings. The summed E-state index contributed by atoms with van der Waals surface area (Å²) < 4.78 is 39.5. The molecular weight excluding hydrogens is 360 g/mol. The second-order valence-electron chi connectivity index (χ2n) is 6.14. The summed E-state index contributed by atoms with van der Waals surface area (Å²) in [4.78, 5) is 15.4. The van der Waals surface area contributed by atoms with Gasteiger partial charge >= 0.3 is 0 Å². The van der Waals surface area contributed by atoms with Gasteiger partial charge < -0.3 is 15.0 Å². The Labute approximate surface area is 151 Å². The second-order valence-corrected chi connectivity index (χ2v) is 6.14. The van der Waals surface area contributed by atoms with E-state index in [9.17, 15) is 13.6 Å². The van der Waals surface area contributed by atoms with Crippen molar-refractivity contribution in [3.63, 3.8) is 0 Å². The van der Waals surface area contributed by atoms with Crippen LogP contribution in [0.2, 0.25) is 0 Å². The number of nitrogens with two attached hydrogens (primary N) is 1. The Kier molecular flexibility index (Phi) is 4.40. The molecule has 0 saturated carbocycles. The lowest BCUT2D eigenvalue weighted by atomic mass is 10.2. The summed E-state index contributed by atoms with van der Waals surface area (Å²) in [5.74, 6) is -1.35. The van der Waals surface area contributed by atoms with Crippen LogP contribution in [-0.2, 0) is 16.0 Å². The molecule has 10 heteroatoms. The van der Waals surface area contributed by atoms with Crippen molar-refractivity contribution >= 4 is 5.91 Å². The van der Waals surface area contributed by atoms with Gasteiger partial charge in [0.2, 0.25) is 5.91 Å². The number of primary amides is 1. The van der Waals surface area contributed by atoms with Crippen LogP contribution >= 0.6 is 0 Å². The Morgan fingerprint density at radius 1 is 1.26 bits per heavy atom. The molecule has 4 rings (SSSR count). The number of nitrogens with zero attached hydrogens (tertiary/aromatic N) is 4. The summed E-state index contributed by atoms with van der Waals surface area (Å²) >= 11 is 0. The van der Waals surface area contributed by atoms with Gasteiger partial charge in [0.15, 0.2) is 17.5 Å². The first-order valence-electron chi connectivity index (χ1n) is 8.27. The number of rotatable bonds is 5. The minimum Gasteiger partial charge on any atom is -0.367 e. The van der Waals surface area contributed by atoms with Crippen LogP contribution in [0.1, 0.15) is 36.4 Å². The number of aromatic nitrogens is 4. The Balaban J connectivity index is 1.48. The highest BCUT2D eigenvalue weighted by Crippen LogP contribution is 2.31. The third-order valence-corrected chi connectivity index (χ3v) is 4.25. The first kappa shape index (κ1) is 17.3. The van der Waals surface area contributed by atoms with Gasteiger partial charge in [0.1, 0.15) is 17.9 Å². The standard InChI is InChI=1S/C17H15F2N5O3/c18-10-2-1-3-11(19)15(10)24-7-6-9(22-24)8-14-21-17(27-23-14)13-5-4-12(26-13)16(20)25/h1-3,6-7,12-13H,4-5,8H2,(H2,20,25)/t12-,13+/m0/s1. The van der Waals surface area contributed by atoms with Crippen molar-refractivity contribution in [3.05, 3.63) is 59.5 Å². The molecule has 0 unspecified atom stereocenters. The molecule has 0 radical (unpaired) electrons. The summed E-state index contributed by atoms with van der Waals surface area (Å²) in [6, 6.07) is 5.21. The summed E-state index contributed by atoms with van der Waals surface area (Å²) in [5.41, 5.74) is 5.47. The van der Waals surface area contributed by atoms with Crippen LogP contribution in [0, 0.1) is 11.6 Å². The quantitative estimate of drug-likeness (QED) is 0.729. The number of carbonyl (C=O) groups excluding carboxylic acids is 1. The highest BCUT2D eigenvalue weighted by Gasteiger charge is 2.33.